The Morgan fingerprint density at radius 3 is 2.76 bits per heavy atom. The number of nitrogens with zero attached hydrogens (tertiary/aromatic N) is 3. The average Bonchev–Trinajstić information content (AvgIpc) is 3.17. The van der Waals surface area contributed by atoms with Crippen molar-refractivity contribution in [3.63, 3.8) is 0 Å². The van der Waals surface area contributed by atoms with Crippen LogP contribution in [0.3, 0.4) is 0 Å². The van der Waals surface area contributed by atoms with Gasteiger partial charge in [-0.05, 0) is 24.3 Å². The van der Waals surface area contributed by atoms with Crippen molar-refractivity contribution in [1.29, 1.82) is 0 Å². The van der Waals surface area contributed by atoms with Crippen molar-refractivity contribution < 1.29 is 9.52 Å². The van der Waals surface area contributed by atoms with Gasteiger partial charge in [0.05, 0.1) is 12.7 Å². The van der Waals surface area contributed by atoms with Crippen molar-refractivity contribution in [2.45, 2.75) is 13.2 Å². The van der Waals surface area contributed by atoms with Gasteiger partial charge in [-0.25, -0.2) is 0 Å². The number of nitrogens with one attached hydrogen (secondary N) is 1. The second-order valence-corrected chi connectivity index (χ2v) is 4.58. The summed E-state index contributed by atoms with van der Waals surface area (Å²) in [6, 6.07) is 13.5. The third kappa shape index (κ3) is 3.29. The summed E-state index contributed by atoms with van der Waals surface area (Å²) in [4.78, 5) is 0. The molecular formula is C15H16N4O2. The quantitative estimate of drug-likeness (QED) is 0.725. The predicted molar refractivity (Wildman–Crippen MR) is 78.6 cm³/mol. The van der Waals surface area contributed by atoms with Crippen LogP contribution in [-0.2, 0) is 13.2 Å². The molecule has 2 heterocycles. The van der Waals surface area contributed by atoms with Crippen LogP contribution < -0.4 is 5.32 Å². The van der Waals surface area contributed by atoms with E-state index in [1.54, 1.807) is 16.8 Å². The van der Waals surface area contributed by atoms with Crippen molar-refractivity contribution in [3.8, 4) is 11.5 Å². The first kappa shape index (κ1) is 13.4. The first-order chi connectivity index (χ1) is 10.3. The summed E-state index contributed by atoms with van der Waals surface area (Å²) in [5.74, 6) is 1.13. The summed E-state index contributed by atoms with van der Waals surface area (Å²) >= 11 is 0. The molecule has 0 fully saturated rings. The molecule has 0 saturated carbocycles. The lowest BCUT2D eigenvalue weighted by Crippen LogP contribution is -2.10. The molecule has 6 nitrogen and oxygen atoms in total. The minimum absolute atomic E-state index is 0.116. The number of aromatic nitrogens is 3. The van der Waals surface area contributed by atoms with Gasteiger partial charge in [-0.2, -0.15) is 0 Å². The van der Waals surface area contributed by atoms with E-state index in [2.05, 4.69) is 15.6 Å². The van der Waals surface area contributed by atoms with Gasteiger partial charge in [0.2, 0.25) is 0 Å². The molecule has 2 aromatic heterocycles. The predicted octanol–water partition coefficient (Wildman–Crippen LogP) is 2.14. The number of para-hydroxylation sites is 1. The normalized spacial score (nSPS) is 10.7. The van der Waals surface area contributed by atoms with Crippen LogP contribution in [0.5, 0.6) is 0 Å². The topological polar surface area (TPSA) is 76.1 Å². The molecule has 6 heteroatoms. The molecule has 21 heavy (non-hydrogen) atoms. The van der Waals surface area contributed by atoms with Gasteiger partial charge in [-0.1, -0.05) is 23.4 Å². The molecule has 0 amide bonds. The molecule has 0 aliphatic rings. The van der Waals surface area contributed by atoms with Crippen LogP contribution in [0, 0.1) is 0 Å². The largest absolute Gasteiger partial charge is 0.457 e. The molecule has 2 N–H and O–H groups in total. The summed E-state index contributed by atoms with van der Waals surface area (Å²) in [7, 11) is 0. The van der Waals surface area contributed by atoms with E-state index in [-0.39, 0.29) is 6.61 Å². The zero-order chi connectivity index (χ0) is 14.5. The molecule has 0 radical (unpaired) electrons. The van der Waals surface area contributed by atoms with Crippen LogP contribution >= 0.6 is 0 Å². The van der Waals surface area contributed by atoms with Gasteiger partial charge < -0.3 is 14.8 Å². The summed E-state index contributed by atoms with van der Waals surface area (Å²) in [6.45, 7) is 1.34. The number of hydrogen-bond acceptors (Lipinski definition) is 5. The molecule has 108 valence electrons. The van der Waals surface area contributed by atoms with Gasteiger partial charge >= 0.3 is 0 Å². The number of furan rings is 1. The van der Waals surface area contributed by atoms with Crippen molar-refractivity contribution >= 4 is 5.69 Å². The van der Waals surface area contributed by atoms with E-state index in [4.69, 9.17) is 9.52 Å². The van der Waals surface area contributed by atoms with E-state index in [9.17, 15) is 0 Å². The third-order valence-electron chi connectivity index (χ3n) is 3.05. The molecular weight excluding hydrogens is 268 g/mol. The van der Waals surface area contributed by atoms with Crippen molar-refractivity contribution in [2.24, 2.45) is 0 Å². The van der Waals surface area contributed by atoms with Gasteiger partial charge in [0, 0.05) is 12.2 Å². The minimum Gasteiger partial charge on any atom is -0.457 e. The van der Waals surface area contributed by atoms with Gasteiger partial charge in [0.15, 0.2) is 5.76 Å². The zero-order valence-electron chi connectivity index (χ0n) is 11.4. The van der Waals surface area contributed by atoms with Crippen LogP contribution in [0.25, 0.3) is 11.5 Å². The molecule has 0 spiro atoms. The Kier molecular flexibility index (Phi) is 3.97. The lowest BCUT2D eigenvalue weighted by molar-refractivity contribution is 0.248. The number of rotatable bonds is 6. The fourth-order valence-corrected chi connectivity index (χ4v) is 1.99. The van der Waals surface area contributed by atoms with Gasteiger partial charge in [-0.3, -0.25) is 4.68 Å². The molecule has 0 saturated heterocycles. The Balaban J connectivity index is 1.58. The van der Waals surface area contributed by atoms with Crippen molar-refractivity contribution in [2.75, 3.05) is 11.9 Å². The highest BCUT2D eigenvalue weighted by atomic mass is 16.4. The Morgan fingerprint density at radius 2 is 2.00 bits per heavy atom. The number of aliphatic hydroxyl groups is 1. The van der Waals surface area contributed by atoms with Gasteiger partial charge in [-0.15, -0.1) is 5.10 Å². The van der Waals surface area contributed by atoms with Gasteiger partial charge in [0.1, 0.15) is 18.1 Å². The molecule has 1 aromatic carbocycles. The lowest BCUT2D eigenvalue weighted by atomic mass is 10.3. The highest BCUT2D eigenvalue weighted by Crippen LogP contribution is 2.19. The SMILES string of the molecule is OCc1ccc(-c2cn(CCNc3ccccc3)nn2)o1. The molecule has 3 aromatic rings. The summed E-state index contributed by atoms with van der Waals surface area (Å²) in [5.41, 5.74) is 1.74. The summed E-state index contributed by atoms with van der Waals surface area (Å²) in [5, 5.41) is 20.4. The van der Waals surface area contributed by atoms with Crippen molar-refractivity contribution in [1.82, 2.24) is 15.0 Å². The molecule has 0 aliphatic heterocycles. The standard InChI is InChI=1S/C15H16N4O2/c20-11-13-6-7-15(21-13)14-10-19(18-17-14)9-8-16-12-4-2-1-3-5-12/h1-7,10,16,20H,8-9,11H2. The number of benzene rings is 1. The summed E-state index contributed by atoms with van der Waals surface area (Å²) in [6.07, 6.45) is 1.83. The lowest BCUT2D eigenvalue weighted by Gasteiger charge is -2.05. The third-order valence-corrected chi connectivity index (χ3v) is 3.05. The molecule has 3 rings (SSSR count). The zero-order valence-corrected chi connectivity index (χ0v) is 11.4. The molecule has 0 atom stereocenters. The van der Waals surface area contributed by atoms with Crippen LogP contribution in [0.15, 0.2) is 53.1 Å². The Morgan fingerprint density at radius 1 is 1.14 bits per heavy atom. The Hall–Kier alpha value is -2.60. The fourth-order valence-electron chi connectivity index (χ4n) is 1.99. The van der Waals surface area contributed by atoms with E-state index in [0.717, 1.165) is 12.2 Å². The maximum atomic E-state index is 8.98. The second-order valence-electron chi connectivity index (χ2n) is 4.58. The van der Waals surface area contributed by atoms with E-state index in [1.807, 2.05) is 36.5 Å². The first-order valence-electron chi connectivity index (χ1n) is 6.74. The Bertz CT molecular complexity index is 691. The van der Waals surface area contributed by atoms with E-state index < -0.39 is 0 Å². The first-order valence-corrected chi connectivity index (χ1v) is 6.74. The van der Waals surface area contributed by atoms with Crippen molar-refractivity contribution in [3.05, 3.63) is 54.4 Å². The second kappa shape index (κ2) is 6.23. The number of anilines is 1. The van der Waals surface area contributed by atoms with Crippen LogP contribution in [0.1, 0.15) is 5.76 Å². The highest BCUT2D eigenvalue weighted by Gasteiger charge is 2.08. The molecule has 0 aliphatic carbocycles. The maximum absolute atomic E-state index is 8.98. The molecule has 0 unspecified atom stereocenters. The van der Waals surface area contributed by atoms with Crippen LogP contribution in [-0.4, -0.2) is 26.6 Å². The average molecular weight is 284 g/mol. The number of hydrogen-bond donors (Lipinski definition) is 2. The van der Waals surface area contributed by atoms with Crippen LogP contribution in [0.4, 0.5) is 5.69 Å². The maximum Gasteiger partial charge on any atom is 0.156 e. The number of aliphatic hydroxyl groups excluding tert-OH is 1. The smallest absolute Gasteiger partial charge is 0.156 e. The minimum atomic E-state index is -0.116. The van der Waals surface area contributed by atoms with E-state index in [0.29, 0.717) is 23.8 Å². The Labute approximate surface area is 122 Å². The van der Waals surface area contributed by atoms with Crippen LogP contribution in [0.2, 0.25) is 0 Å². The van der Waals surface area contributed by atoms with E-state index >= 15 is 0 Å². The molecule has 0 bridgehead atoms. The van der Waals surface area contributed by atoms with E-state index in [1.165, 1.54) is 0 Å². The van der Waals surface area contributed by atoms with Gasteiger partial charge in [0.25, 0.3) is 0 Å². The monoisotopic (exact) mass is 284 g/mol. The fraction of sp³-hybridized carbons (Fsp3) is 0.200. The highest BCUT2D eigenvalue weighted by molar-refractivity contribution is 5.50. The summed E-state index contributed by atoms with van der Waals surface area (Å²) < 4.78 is 7.18.